The zero-order valence-electron chi connectivity index (χ0n) is 9.81. The first kappa shape index (κ1) is 14.6. The lowest BCUT2D eigenvalue weighted by Crippen LogP contribution is -2.26. The van der Waals surface area contributed by atoms with Crippen LogP contribution >= 0.6 is 34.8 Å². The number of carbonyl (C=O) groups is 1. The van der Waals surface area contributed by atoms with Crippen molar-refractivity contribution in [3.63, 3.8) is 0 Å². The van der Waals surface area contributed by atoms with E-state index in [1.165, 1.54) is 12.1 Å². The van der Waals surface area contributed by atoms with Gasteiger partial charge in [-0.2, -0.15) is 0 Å². The number of carbonyl (C=O) groups excluding carboxylic acids is 1. The summed E-state index contributed by atoms with van der Waals surface area (Å²) in [5.41, 5.74) is -0.453. The van der Waals surface area contributed by atoms with Crippen molar-refractivity contribution in [1.29, 1.82) is 0 Å². The van der Waals surface area contributed by atoms with Gasteiger partial charge in [-0.05, 0) is 12.1 Å². The van der Waals surface area contributed by atoms with Crippen LogP contribution in [0.3, 0.4) is 0 Å². The minimum Gasteiger partial charge on any atom is -0.483 e. The molecule has 0 aromatic heterocycles. The number of Topliss-reactive ketones (excluding diaryl/α,β-unsaturated/α-hetero) is 1. The summed E-state index contributed by atoms with van der Waals surface area (Å²) in [5, 5.41) is 1.02. The molecule has 0 spiro atoms. The Balaban J connectivity index is 2.80. The maximum Gasteiger partial charge on any atom is 0.175 e. The Labute approximate surface area is 116 Å². The Kier molecular flexibility index (Phi) is 4.70. The highest BCUT2D eigenvalue weighted by atomic mass is 35.5. The minimum atomic E-state index is -0.453. The van der Waals surface area contributed by atoms with E-state index in [1.807, 2.05) is 20.8 Å². The first-order valence-corrected chi connectivity index (χ1v) is 6.16. The molecule has 0 bridgehead atoms. The molecular weight excluding hydrogens is 282 g/mol. The second-order valence-electron chi connectivity index (χ2n) is 4.66. The summed E-state index contributed by atoms with van der Waals surface area (Å²) < 4.78 is 5.34. The number of ketones is 1. The normalized spacial score (nSPS) is 11.4. The third kappa shape index (κ3) is 4.06. The summed E-state index contributed by atoms with van der Waals surface area (Å²) in [6, 6.07) is 3.04. The Morgan fingerprint density at radius 3 is 2.06 bits per heavy atom. The fourth-order valence-corrected chi connectivity index (χ4v) is 1.95. The van der Waals surface area contributed by atoms with Crippen LogP contribution in [0.1, 0.15) is 20.8 Å². The van der Waals surface area contributed by atoms with E-state index in [4.69, 9.17) is 39.5 Å². The molecular formula is C12H13Cl3O2. The lowest BCUT2D eigenvalue weighted by atomic mass is 9.91. The van der Waals surface area contributed by atoms with Crippen molar-refractivity contribution >= 4 is 40.6 Å². The summed E-state index contributed by atoms with van der Waals surface area (Å²) in [7, 11) is 0. The van der Waals surface area contributed by atoms with Gasteiger partial charge < -0.3 is 4.74 Å². The fraction of sp³-hybridized carbons (Fsp3) is 0.417. The third-order valence-corrected chi connectivity index (χ3v) is 2.93. The molecule has 0 fully saturated rings. The van der Waals surface area contributed by atoms with Gasteiger partial charge in [0, 0.05) is 10.4 Å². The molecule has 1 rings (SSSR count). The van der Waals surface area contributed by atoms with Crippen LogP contribution in [0.25, 0.3) is 0 Å². The van der Waals surface area contributed by atoms with Crippen molar-refractivity contribution in [3.05, 3.63) is 27.2 Å². The maximum atomic E-state index is 11.7. The van der Waals surface area contributed by atoms with Crippen LogP contribution in [0.2, 0.25) is 15.1 Å². The topological polar surface area (TPSA) is 26.3 Å². The Morgan fingerprint density at radius 2 is 1.65 bits per heavy atom. The number of benzene rings is 1. The molecule has 2 nitrogen and oxygen atoms in total. The van der Waals surface area contributed by atoms with Crippen LogP contribution in [0.15, 0.2) is 12.1 Å². The van der Waals surface area contributed by atoms with Crippen LogP contribution in [0, 0.1) is 5.41 Å². The van der Waals surface area contributed by atoms with Crippen molar-refractivity contribution in [1.82, 2.24) is 0 Å². The molecule has 0 saturated carbocycles. The molecule has 94 valence electrons. The van der Waals surface area contributed by atoms with Crippen LogP contribution in [-0.2, 0) is 4.79 Å². The van der Waals surface area contributed by atoms with Gasteiger partial charge in [-0.1, -0.05) is 55.6 Å². The quantitative estimate of drug-likeness (QED) is 0.812. The van der Waals surface area contributed by atoms with E-state index in [0.717, 1.165) is 0 Å². The lowest BCUT2D eigenvalue weighted by molar-refractivity contribution is -0.128. The summed E-state index contributed by atoms with van der Waals surface area (Å²) in [4.78, 5) is 11.7. The van der Waals surface area contributed by atoms with Crippen LogP contribution < -0.4 is 4.74 Å². The maximum absolute atomic E-state index is 11.7. The molecule has 0 aliphatic heterocycles. The SMILES string of the molecule is CC(C)(C)C(=O)COc1c(Cl)cc(Cl)cc1Cl. The zero-order chi connectivity index (χ0) is 13.2. The molecule has 0 saturated heterocycles. The number of ether oxygens (including phenoxy) is 1. The van der Waals surface area contributed by atoms with Gasteiger partial charge in [0.1, 0.15) is 6.61 Å². The van der Waals surface area contributed by atoms with Gasteiger partial charge in [0.05, 0.1) is 10.0 Å². The largest absolute Gasteiger partial charge is 0.483 e. The van der Waals surface area contributed by atoms with Crippen LogP contribution in [0.5, 0.6) is 5.75 Å². The molecule has 0 N–H and O–H groups in total. The standard InChI is InChI=1S/C12H13Cl3O2/c1-12(2,3)10(16)6-17-11-8(14)4-7(13)5-9(11)15/h4-5H,6H2,1-3H3. The first-order chi connectivity index (χ1) is 7.71. The summed E-state index contributed by atoms with van der Waals surface area (Å²) in [6.45, 7) is 5.40. The van der Waals surface area contributed by atoms with Gasteiger partial charge in [-0.3, -0.25) is 4.79 Å². The van der Waals surface area contributed by atoms with Gasteiger partial charge in [-0.15, -0.1) is 0 Å². The van der Waals surface area contributed by atoms with Gasteiger partial charge in [0.25, 0.3) is 0 Å². The number of hydrogen-bond donors (Lipinski definition) is 0. The van der Waals surface area contributed by atoms with E-state index in [0.29, 0.717) is 15.1 Å². The lowest BCUT2D eigenvalue weighted by Gasteiger charge is -2.17. The van der Waals surface area contributed by atoms with E-state index in [1.54, 1.807) is 0 Å². The smallest absolute Gasteiger partial charge is 0.175 e. The van der Waals surface area contributed by atoms with Crippen LogP contribution in [0.4, 0.5) is 0 Å². The monoisotopic (exact) mass is 294 g/mol. The number of halogens is 3. The molecule has 17 heavy (non-hydrogen) atoms. The Bertz CT molecular complexity index is 413. The van der Waals surface area contributed by atoms with Crippen molar-refractivity contribution in [2.45, 2.75) is 20.8 Å². The molecule has 0 atom stereocenters. The predicted octanol–water partition coefficient (Wildman–Crippen LogP) is 4.64. The molecule has 0 amide bonds. The van der Waals surface area contributed by atoms with E-state index < -0.39 is 5.41 Å². The molecule has 0 aliphatic rings. The van der Waals surface area contributed by atoms with Gasteiger partial charge in [0.2, 0.25) is 0 Å². The van der Waals surface area contributed by atoms with E-state index in [9.17, 15) is 4.79 Å². The highest BCUT2D eigenvalue weighted by Crippen LogP contribution is 2.36. The van der Waals surface area contributed by atoms with E-state index in [-0.39, 0.29) is 18.1 Å². The summed E-state index contributed by atoms with van der Waals surface area (Å²) in [5.74, 6) is 0.259. The Hall–Kier alpha value is -0.440. The fourth-order valence-electron chi connectivity index (χ4n) is 1.02. The third-order valence-electron chi connectivity index (χ3n) is 2.15. The van der Waals surface area contributed by atoms with Crippen molar-refractivity contribution in [2.75, 3.05) is 6.61 Å². The average molecular weight is 296 g/mol. The molecule has 1 aromatic carbocycles. The van der Waals surface area contributed by atoms with Crippen LogP contribution in [-0.4, -0.2) is 12.4 Å². The van der Waals surface area contributed by atoms with Gasteiger partial charge in [-0.25, -0.2) is 0 Å². The van der Waals surface area contributed by atoms with Gasteiger partial charge in [0.15, 0.2) is 11.5 Å². The number of hydrogen-bond acceptors (Lipinski definition) is 2. The second kappa shape index (κ2) is 5.47. The van der Waals surface area contributed by atoms with Gasteiger partial charge >= 0.3 is 0 Å². The average Bonchev–Trinajstić information content (AvgIpc) is 2.13. The Morgan fingerprint density at radius 1 is 1.18 bits per heavy atom. The predicted molar refractivity (Wildman–Crippen MR) is 71.4 cm³/mol. The molecule has 5 heteroatoms. The van der Waals surface area contributed by atoms with Crippen molar-refractivity contribution in [3.8, 4) is 5.75 Å². The van der Waals surface area contributed by atoms with Crippen molar-refractivity contribution in [2.24, 2.45) is 5.41 Å². The zero-order valence-corrected chi connectivity index (χ0v) is 12.1. The molecule has 1 aromatic rings. The molecule has 0 unspecified atom stereocenters. The summed E-state index contributed by atoms with van der Waals surface area (Å²) >= 11 is 17.6. The van der Waals surface area contributed by atoms with E-state index in [2.05, 4.69) is 0 Å². The minimum absolute atomic E-state index is 0.0282. The van der Waals surface area contributed by atoms with E-state index >= 15 is 0 Å². The van der Waals surface area contributed by atoms with Crippen molar-refractivity contribution < 1.29 is 9.53 Å². The number of rotatable bonds is 3. The summed E-state index contributed by atoms with van der Waals surface area (Å²) in [6.07, 6.45) is 0. The highest BCUT2D eigenvalue weighted by Gasteiger charge is 2.22. The first-order valence-electron chi connectivity index (χ1n) is 5.02. The molecule has 0 aliphatic carbocycles. The second-order valence-corrected chi connectivity index (χ2v) is 5.91. The highest BCUT2D eigenvalue weighted by molar-refractivity contribution is 6.40. The molecule has 0 radical (unpaired) electrons. The molecule has 0 heterocycles.